The Morgan fingerprint density at radius 2 is 2.00 bits per heavy atom. The lowest BCUT2D eigenvalue weighted by molar-refractivity contribution is 0.367. The molecule has 0 aliphatic heterocycles. The molecule has 0 saturated carbocycles. The van der Waals surface area contributed by atoms with Crippen LogP contribution < -0.4 is 5.32 Å². The maximum atomic E-state index is 3.51. The van der Waals surface area contributed by atoms with Crippen molar-refractivity contribution in [2.45, 2.75) is 65.3 Å². The lowest BCUT2D eigenvalue weighted by Crippen LogP contribution is -2.19. The minimum Gasteiger partial charge on any atom is -0.312 e. The largest absolute Gasteiger partial charge is 0.312 e. The molecule has 104 valence electrons. The molecular weight excluding hydrogens is 238 g/mol. The van der Waals surface area contributed by atoms with Gasteiger partial charge in [-0.25, -0.2) is 0 Å². The van der Waals surface area contributed by atoms with Crippen LogP contribution in [0.1, 0.15) is 68.7 Å². The molecule has 2 unspecified atom stereocenters. The third-order valence-electron chi connectivity index (χ3n) is 3.84. The summed E-state index contributed by atoms with van der Waals surface area (Å²) in [6, 6.07) is 5.16. The molecule has 0 saturated heterocycles. The molecular formula is C16H29NS. The number of hydrogen-bond acceptors (Lipinski definition) is 2. The molecule has 0 radical (unpaired) electrons. The minimum absolute atomic E-state index is 0.553. The van der Waals surface area contributed by atoms with Crippen LogP contribution in [-0.2, 0) is 6.42 Å². The molecule has 2 atom stereocenters. The number of unbranched alkanes of at least 4 members (excludes halogenated alkanes) is 1. The topological polar surface area (TPSA) is 12.0 Å². The molecule has 0 aliphatic rings. The van der Waals surface area contributed by atoms with E-state index in [1.807, 2.05) is 11.3 Å². The summed E-state index contributed by atoms with van der Waals surface area (Å²) < 4.78 is 0. The molecule has 1 N–H and O–H groups in total. The predicted molar refractivity (Wildman–Crippen MR) is 83.4 cm³/mol. The van der Waals surface area contributed by atoms with Crippen molar-refractivity contribution in [2.75, 3.05) is 7.05 Å². The standard InChI is InChI=1S/C16H29NS/c1-5-8-9-13(6-2)12-15(17-4)16-11-10-14(7-3)18-16/h10-11,13,15,17H,5-9,12H2,1-4H3. The second-order valence-electron chi connectivity index (χ2n) is 5.15. The Hall–Kier alpha value is -0.340. The summed E-state index contributed by atoms with van der Waals surface area (Å²) in [7, 11) is 2.10. The number of hydrogen-bond donors (Lipinski definition) is 1. The van der Waals surface area contributed by atoms with E-state index in [1.165, 1.54) is 41.9 Å². The van der Waals surface area contributed by atoms with E-state index in [1.54, 1.807) is 0 Å². The van der Waals surface area contributed by atoms with Crippen molar-refractivity contribution in [3.8, 4) is 0 Å². The minimum atomic E-state index is 0.553. The predicted octanol–water partition coefficient (Wildman–Crippen LogP) is 5.18. The van der Waals surface area contributed by atoms with Gasteiger partial charge in [-0.3, -0.25) is 0 Å². The van der Waals surface area contributed by atoms with Crippen LogP contribution >= 0.6 is 11.3 Å². The van der Waals surface area contributed by atoms with Crippen LogP contribution in [0.5, 0.6) is 0 Å². The molecule has 1 rings (SSSR count). The Labute approximate surface area is 117 Å². The summed E-state index contributed by atoms with van der Waals surface area (Å²) >= 11 is 1.98. The van der Waals surface area contributed by atoms with Crippen LogP contribution in [0.25, 0.3) is 0 Å². The van der Waals surface area contributed by atoms with Crippen molar-refractivity contribution in [3.63, 3.8) is 0 Å². The van der Waals surface area contributed by atoms with Gasteiger partial charge < -0.3 is 5.32 Å². The van der Waals surface area contributed by atoms with Gasteiger partial charge in [0.25, 0.3) is 0 Å². The Balaban J connectivity index is 2.59. The fourth-order valence-corrected chi connectivity index (χ4v) is 3.54. The molecule has 1 nitrogen and oxygen atoms in total. The first-order chi connectivity index (χ1) is 8.74. The molecule has 0 aromatic carbocycles. The Bertz CT molecular complexity index is 319. The van der Waals surface area contributed by atoms with Gasteiger partial charge in [0.2, 0.25) is 0 Å². The summed E-state index contributed by atoms with van der Waals surface area (Å²) in [5, 5.41) is 3.51. The highest BCUT2D eigenvalue weighted by atomic mass is 32.1. The molecule has 18 heavy (non-hydrogen) atoms. The van der Waals surface area contributed by atoms with E-state index in [4.69, 9.17) is 0 Å². The molecule has 0 amide bonds. The smallest absolute Gasteiger partial charge is 0.0415 e. The fraction of sp³-hybridized carbons (Fsp3) is 0.750. The number of aryl methyl sites for hydroxylation is 1. The van der Waals surface area contributed by atoms with Crippen molar-refractivity contribution >= 4 is 11.3 Å². The summed E-state index contributed by atoms with van der Waals surface area (Å²) in [6.45, 7) is 6.86. The third-order valence-corrected chi connectivity index (χ3v) is 5.18. The van der Waals surface area contributed by atoms with Crippen molar-refractivity contribution < 1.29 is 0 Å². The average Bonchev–Trinajstić information content (AvgIpc) is 2.88. The van der Waals surface area contributed by atoms with Crippen molar-refractivity contribution in [1.29, 1.82) is 0 Å². The van der Waals surface area contributed by atoms with Gasteiger partial charge in [0, 0.05) is 15.8 Å². The molecule has 1 aromatic heterocycles. The zero-order valence-electron chi connectivity index (χ0n) is 12.5. The normalized spacial score (nSPS) is 14.7. The SMILES string of the molecule is CCCCC(CC)CC(NC)c1ccc(CC)s1. The maximum absolute atomic E-state index is 3.51. The Morgan fingerprint density at radius 1 is 1.22 bits per heavy atom. The van der Waals surface area contributed by atoms with E-state index < -0.39 is 0 Å². The molecule has 2 heteroatoms. The Kier molecular flexibility index (Phi) is 7.60. The van der Waals surface area contributed by atoms with Crippen LogP contribution in [0.15, 0.2) is 12.1 Å². The fourth-order valence-electron chi connectivity index (χ4n) is 2.46. The van der Waals surface area contributed by atoms with Crippen LogP contribution in [0.2, 0.25) is 0 Å². The number of thiophene rings is 1. The molecule has 0 aliphatic carbocycles. The quantitative estimate of drug-likeness (QED) is 0.650. The zero-order chi connectivity index (χ0) is 13.4. The Morgan fingerprint density at radius 3 is 2.50 bits per heavy atom. The van der Waals surface area contributed by atoms with Crippen LogP contribution in [0, 0.1) is 5.92 Å². The third kappa shape index (κ3) is 4.74. The molecule has 1 heterocycles. The van der Waals surface area contributed by atoms with Crippen molar-refractivity contribution in [2.24, 2.45) is 5.92 Å². The molecule has 0 fully saturated rings. The van der Waals surface area contributed by atoms with Crippen LogP contribution in [0.3, 0.4) is 0 Å². The van der Waals surface area contributed by atoms with E-state index in [2.05, 4.69) is 45.3 Å². The zero-order valence-corrected chi connectivity index (χ0v) is 13.3. The highest BCUT2D eigenvalue weighted by Gasteiger charge is 2.16. The average molecular weight is 267 g/mol. The van der Waals surface area contributed by atoms with E-state index >= 15 is 0 Å². The monoisotopic (exact) mass is 267 g/mol. The summed E-state index contributed by atoms with van der Waals surface area (Å²) in [5.41, 5.74) is 0. The highest BCUT2D eigenvalue weighted by molar-refractivity contribution is 7.12. The van der Waals surface area contributed by atoms with Gasteiger partial charge in [-0.1, -0.05) is 46.5 Å². The van der Waals surface area contributed by atoms with Crippen LogP contribution in [-0.4, -0.2) is 7.05 Å². The van der Waals surface area contributed by atoms with Crippen LogP contribution in [0.4, 0.5) is 0 Å². The van der Waals surface area contributed by atoms with E-state index in [0.717, 1.165) is 12.3 Å². The van der Waals surface area contributed by atoms with E-state index in [0.29, 0.717) is 6.04 Å². The molecule has 0 bridgehead atoms. The van der Waals surface area contributed by atoms with Gasteiger partial charge >= 0.3 is 0 Å². The number of rotatable bonds is 9. The van der Waals surface area contributed by atoms with E-state index in [9.17, 15) is 0 Å². The van der Waals surface area contributed by atoms with Gasteiger partial charge in [0.15, 0.2) is 0 Å². The second kappa shape index (κ2) is 8.71. The maximum Gasteiger partial charge on any atom is 0.0415 e. The summed E-state index contributed by atoms with van der Waals surface area (Å²) in [4.78, 5) is 3.02. The lowest BCUT2D eigenvalue weighted by atomic mass is 9.91. The highest BCUT2D eigenvalue weighted by Crippen LogP contribution is 2.30. The first-order valence-corrected chi connectivity index (χ1v) is 8.32. The van der Waals surface area contributed by atoms with Crippen molar-refractivity contribution in [3.05, 3.63) is 21.9 Å². The molecule has 1 aromatic rings. The van der Waals surface area contributed by atoms with Gasteiger partial charge in [-0.05, 0) is 37.9 Å². The summed E-state index contributed by atoms with van der Waals surface area (Å²) in [6.07, 6.45) is 7.84. The first-order valence-electron chi connectivity index (χ1n) is 7.50. The van der Waals surface area contributed by atoms with Gasteiger partial charge in [0.05, 0.1) is 0 Å². The number of nitrogens with one attached hydrogen (secondary N) is 1. The summed E-state index contributed by atoms with van der Waals surface area (Å²) in [5.74, 6) is 0.870. The van der Waals surface area contributed by atoms with Gasteiger partial charge in [-0.2, -0.15) is 0 Å². The first kappa shape index (κ1) is 15.7. The van der Waals surface area contributed by atoms with Crippen molar-refractivity contribution in [1.82, 2.24) is 5.32 Å². The lowest BCUT2D eigenvalue weighted by Gasteiger charge is -2.21. The molecule has 0 spiro atoms. The van der Waals surface area contributed by atoms with Gasteiger partial charge in [0.1, 0.15) is 0 Å². The van der Waals surface area contributed by atoms with E-state index in [-0.39, 0.29) is 0 Å². The second-order valence-corrected chi connectivity index (χ2v) is 6.35. The van der Waals surface area contributed by atoms with Gasteiger partial charge in [-0.15, -0.1) is 11.3 Å².